The normalized spacial score (nSPS) is 14.3. The number of amides is 2. The highest BCUT2D eigenvalue weighted by atomic mass is 32.1. The molecule has 26 heavy (non-hydrogen) atoms. The number of carbonyl (C=O) groups excluding carboxylic acids is 2. The van der Waals surface area contributed by atoms with E-state index >= 15 is 0 Å². The van der Waals surface area contributed by atoms with Gasteiger partial charge in [-0.15, -0.1) is 11.3 Å². The molecule has 3 rings (SSSR count). The number of aromatic nitrogens is 1. The summed E-state index contributed by atoms with van der Waals surface area (Å²) < 4.78 is 0. The average Bonchev–Trinajstić information content (AvgIpc) is 3.18. The minimum Gasteiger partial charge on any atom is -0.347 e. The first-order valence-electron chi connectivity index (χ1n) is 9.08. The third-order valence-corrected chi connectivity index (χ3v) is 5.58. The predicted molar refractivity (Wildman–Crippen MR) is 105 cm³/mol. The molecule has 5 nitrogen and oxygen atoms in total. The number of hydrogen-bond acceptors (Lipinski definition) is 4. The van der Waals surface area contributed by atoms with Gasteiger partial charge in [0.15, 0.2) is 0 Å². The molecule has 0 unspecified atom stereocenters. The fourth-order valence-electron chi connectivity index (χ4n) is 3.08. The number of nitrogens with zero attached hydrogens (tertiary/aromatic N) is 2. The van der Waals surface area contributed by atoms with E-state index < -0.39 is 0 Å². The van der Waals surface area contributed by atoms with Gasteiger partial charge in [0.05, 0.1) is 10.7 Å². The molecule has 1 aromatic carbocycles. The number of rotatable bonds is 6. The minimum absolute atomic E-state index is 0.0752. The summed E-state index contributed by atoms with van der Waals surface area (Å²) in [5.74, 6) is 0.634. The summed E-state index contributed by atoms with van der Waals surface area (Å²) >= 11 is 1.48. The second kappa shape index (κ2) is 7.99. The summed E-state index contributed by atoms with van der Waals surface area (Å²) in [5, 5.41) is 3.99. The SMILES string of the molecule is Cc1nc(CC(C)C)sc1C(=O)NCc1ccc(N2CCCC2=O)cc1. The zero-order valence-electron chi connectivity index (χ0n) is 15.5. The van der Waals surface area contributed by atoms with E-state index in [1.54, 1.807) is 0 Å². The molecule has 2 amide bonds. The monoisotopic (exact) mass is 371 g/mol. The van der Waals surface area contributed by atoms with Gasteiger partial charge in [-0.2, -0.15) is 0 Å². The maximum atomic E-state index is 12.5. The van der Waals surface area contributed by atoms with Crippen LogP contribution in [-0.4, -0.2) is 23.3 Å². The molecule has 0 bridgehead atoms. The molecule has 1 N–H and O–H groups in total. The fourth-order valence-corrected chi connectivity index (χ4v) is 4.27. The van der Waals surface area contributed by atoms with Crippen molar-refractivity contribution in [3.63, 3.8) is 0 Å². The molecule has 6 heteroatoms. The Kier molecular flexibility index (Phi) is 5.71. The van der Waals surface area contributed by atoms with Crippen molar-refractivity contribution in [2.75, 3.05) is 11.4 Å². The molecule has 0 atom stereocenters. The topological polar surface area (TPSA) is 62.3 Å². The van der Waals surface area contributed by atoms with Crippen molar-refractivity contribution < 1.29 is 9.59 Å². The van der Waals surface area contributed by atoms with Crippen molar-refractivity contribution in [1.29, 1.82) is 0 Å². The van der Waals surface area contributed by atoms with Crippen molar-refractivity contribution >= 4 is 28.8 Å². The van der Waals surface area contributed by atoms with E-state index in [9.17, 15) is 9.59 Å². The molecule has 1 fully saturated rings. The van der Waals surface area contributed by atoms with E-state index in [1.807, 2.05) is 36.1 Å². The highest BCUT2D eigenvalue weighted by Gasteiger charge is 2.21. The molecule has 0 radical (unpaired) electrons. The lowest BCUT2D eigenvalue weighted by atomic mass is 10.1. The number of aryl methyl sites for hydroxylation is 1. The first-order valence-corrected chi connectivity index (χ1v) is 9.89. The van der Waals surface area contributed by atoms with Crippen molar-refractivity contribution in [3.8, 4) is 0 Å². The largest absolute Gasteiger partial charge is 0.347 e. The van der Waals surface area contributed by atoms with Crippen LogP contribution in [0.2, 0.25) is 0 Å². The smallest absolute Gasteiger partial charge is 0.263 e. The summed E-state index contributed by atoms with van der Waals surface area (Å²) in [7, 11) is 0. The number of carbonyl (C=O) groups is 2. The van der Waals surface area contributed by atoms with Crippen molar-refractivity contribution in [1.82, 2.24) is 10.3 Å². The number of hydrogen-bond donors (Lipinski definition) is 1. The summed E-state index contributed by atoms with van der Waals surface area (Å²) in [6.45, 7) is 7.44. The highest BCUT2D eigenvalue weighted by Crippen LogP contribution is 2.22. The first kappa shape index (κ1) is 18.6. The van der Waals surface area contributed by atoms with Crippen LogP contribution in [0.15, 0.2) is 24.3 Å². The van der Waals surface area contributed by atoms with Crippen LogP contribution in [0.4, 0.5) is 5.69 Å². The molecule has 1 aliphatic heterocycles. The molecule has 2 aromatic rings. The molecular formula is C20H25N3O2S. The predicted octanol–water partition coefficient (Wildman–Crippen LogP) is 3.71. The van der Waals surface area contributed by atoms with Crippen LogP contribution in [-0.2, 0) is 17.8 Å². The highest BCUT2D eigenvalue weighted by molar-refractivity contribution is 7.13. The zero-order valence-corrected chi connectivity index (χ0v) is 16.4. The molecule has 1 aliphatic rings. The molecule has 1 aromatic heterocycles. The second-order valence-corrected chi connectivity index (χ2v) is 8.20. The number of nitrogens with one attached hydrogen (secondary N) is 1. The van der Waals surface area contributed by atoms with Crippen LogP contribution < -0.4 is 10.2 Å². The lowest BCUT2D eigenvalue weighted by Gasteiger charge is -2.16. The zero-order chi connectivity index (χ0) is 18.7. The van der Waals surface area contributed by atoms with E-state index in [4.69, 9.17) is 0 Å². The molecule has 138 valence electrons. The lowest BCUT2D eigenvalue weighted by molar-refractivity contribution is -0.117. The van der Waals surface area contributed by atoms with Gasteiger partial charge in [-0.05, 0) is 37.0 Å². The Morgan fingerprint density at radius 1 is 1.31 bits per heavy atom. The third kappa shape index (κ3) is 4.30. The van der Waals surface area contributed by atoms with E-state index in [-0.39, 0.29) is 11.8 Å². The van der Waals surface area contributed by atoms with Gasteiger partial charge in [0, 0.05) is 31.6 Å². The van der Waals surface area contributed by atoms with Crippen LogP contribution in [0, 0.1) is 12.8 Å². The molecule has 0 aliphatic carbocycles. The first-order chi connectivity index (χ1) is 12.4. The van der Waals surface area contributed by atoms with Gasteiger partial charge >= 0.3 is 0 Å². The van der Waals surface area contributed by atoms with E-state index in [0.717, 1.165) is 41.3 Å². The van der Waals surface area contributed by atoms with Crippen molar-refractivity contribution in [2.45, 2.75) is 46.6 Å². The number of benzene rings is 1. The summed E-state index contributed by atoms with van der Waals surface area (Å²) in [6, 6.07) is 7.82. The van der Waals surface area contributed by atoms with Gasteiger partial charge in [-0.3, -0.25) is 9.59 Å². The summed E-state index contributed by atoms with van der Waals surface area (Å²) in [4.78, 5) is 31.3. The van der Waals surface area contributed by atoms with Gasteiger partial charge < -0.3 is 10.2 Å². The van der Waals surface area contributed by atoms with E-state index in [1.165, 1.54) is 11.3 Å². The van der Waals surface area contributed by atoms with E-state index in [2.05, 4.69) is 24.1 Å². The Hall–Kier alpha value is -2.21. The van der Waals surface area contributed by atoms with Crippen molar-refractivity contribution in [3.05, 3.63) is 45.4 Å². The van der Waals surface area contributed by atoms with Crippen molar-refractivity contribution in [2.24, 2.45) is 5.92 Å². The Morgan fingerprint density at radius 3 is 2.65 bits per heavy atom. The van der Waals surface area contributed by atoms with Crippen LogP contribution in [0.3, 0.4) is 0 Å². The molecule has 0 spiro atoms. The summed E-state index contributed by atoms with van der Waals surface area (Å²) in [6.07, 6.45) is 2.45. The van der Waals surface area contributed by atoms with Gasteiger partial charge in [-0.1, -0.05) is 26.0 Å². The fraction of sp³-hybridized carbons (Fsp3) is 0.450. The van der Waals surface area contributed by atoms with Crippen LogP contribution >= 0.6 is 11.3 Å². The Morgan fingerprint density at radius 2 is 2.04 bits per heavy atom. The van der Waals surface area contributed by atoms with Gasteiger partial charge in [0.1, 0.15) is 4.88 Å². The van der Waals surface area contributed by atoms with E-state index in [0.29, 0.717) is 23.8 Å². The number of thiazole rings is 1. The molecular weight excluding hydrogens is 346 g/mol. The van der Waals surface area contributed by atoms with Gasteiger partial charge in [0.25, 0.3) is 5.91 Å². The minimum atomic E-state index is -0.0752. The molecule has 0 saturated carbocycles. The molecule has 1 saturated heterocycles. The maximum absolute atomic E-state index is 12.5. The average molecular weight is 372 g/mol. The number of anilines is 1. The molecule has 2 heterocycles. The van der Waals surface area contributed by atoms with Crippen LogP contribution in [0.5, 0.6) is 0 Å². The van der Waals surface area contributed by atoms with Crippen LogP contribution in [0.1, 0.15) is 52.6 Å². The van der Waals surface area contributed by atoms with Gasteiger partial charge in [-0.25, -0.2) is 4.98 Å². The maximum Gasteiger partial charge on any atom is 0.263 e. The Bertz CT molecular complexity index is 796. The Balaban J connectivity index is 1.59. The second-order valence-electron chi connectivity index (χ2n) is 7.12. The van der Waals surface area contributed by atoms with Gasteiger partial charge in [0.2, 0.25) is 5.91 Å². The quantitative estimate of drug-likeness (QED) is 0.842. The standard InChI is InChI=1S/C20H25N3O2S/c1-13(2)11-17-22-14(3)19(26-17)20(25)21-12-15-6-8-16(9-7-15)23-10-4-5-18(23)24/h6-9,13H,4-5,10-12H2,1-3H3,(H,21,25). The van der Waals surface area contributed by atoms with Crippen LogP contribution in [0.25, 0.3) is 0 Å². The summed E-state index contributed by atoms with van der Waals surface area (Å²) in [5.41, 5.74) is 2.74. The lowest BCUT2D eigenvalue weighted by Crippen LogP contribution is -2.24. The Labute approximate surface area is 158 Å². The third-order valence-electron chi connectivity index (χ3n) is 4.40.